The van der Waals surface area contributed by atoms with Crippen LogP contribution in [0.1, 0.15) is 54.2 Å². The third kappa shape index (κ3) is 3.15. The van der Waals surface area contributed by atoms with Crippen molar-refractivity contribution < 1.29 is 4.79 Å². The molecule has 0 spiro atoms. The van der Waals surface area contributed by atoms with Crippen LogP contribution in [0.25, 0.3) is 10.8 Å². The fourth-order valence-electron chi connectivity index (χ4n) is 4.08. The maximum atomic E-state index is 13.6. The number of thiophene rings is 1. The molecular weight excluding hydrogens is 370 g/mol. The van der Waals surface area contributed by atoms with E-state index in [1.807, 2.05) is 36.9 Å². The van der Waals surface area contributed by atoms with Gasteiger partial charge in [-0.25, -0.2) is 4.68 Å². The summed E-state index contributed by atoms with van der Waals surface area (Å²) in [5.41, 5.74) is 1.51. The average Bonchev–Trinajstić information content (AvgIpc) is 3.17. The third-order valence-corrected chi connectivity index (χ3v) is 6.35. The van der Waals surface area contributed by atoms with E-state index in [2.05, 4.69) is 23.5 Å². The van der Waals surface area contributed by atoms with Gasteiger partial charge in [0, 0.05) is 23.4 Å². The molecule has 6 heteroatoms. The summed E-state index contributed by atoms with van der Waals surface area (Å²) >= 11 is 1.77. The highest BCUT2D eigenvalue weighted by molar-refractivity contribution is 7.10. The van der Waals surface area contributed by atoms with Crippen molar-refractivity contribution in [2.45, 2.75) is 46.2 Å². The van der Waals surface area contributed by atoms with Crippen molar-refractivity contribution in [3.8, 4) is 0 Å². The molecule has 28 heavy (non-hydrogen) atoms. The summed E-state index contributed by atoms with van der Waals surface area (Å²) in [6.45, 7) is 7.38. The van der Waals surface area contributed by atoms with Crippen molar-refractivity contribution in [1.82, 2.24) is 14.7 Å². The highest BCUT2D eigenvalue weighted by Gasteiger charge is 2.32. The number of hydrogen-bond acceptors (Lipinski definition) is 4. The summed E-state index contributed by atoms with van der Waals surface area (Å²) < 4.78 is 1.46. The van der Waals surface area contributed by atoms with Gasteiger partial charge in [0.1, 0.15) is 0 Å². The number of carbonyl (C=O) groups is 1. The predicted octanol–water partition coefficient (Wildman–Crippen LogP) is 4.26. The second-order valence-corrected chi connectivity index (χ2v) is 8.75. The van der Waals surface area contributed by atoms with Crippen LogP contribution >= 0.6 is 11.3 Å². The van der Waals surface area contributed by atoms with Gasteiger partial charge in [0.15, 0.2) is 5.69 Å². The Kier molecular flexibility index (Phi) is 5.06. The molecule has 0 aliphatic carbocycles. The van der Waals surface area contributed by atoms with E-state index in [0.29, 0.717) is 29.6 Å². The minimum absolute atomic E-state index is 0.0635. The fourth-order valence-corrected chi connectivity index (χ4v) is 5.01. The highest BCUT2D eigenvalue weighted by Crippen LogP contribution is 2.36. The second kappa shape index (κ2) is 7.51. The number of amides is 1. The molecule has 1 amide bonds. The summed E-state index contributed by atoms with van der Waals surface area (Å²) in [7, 11) is 0. The number of carbonyl (C=O) groups excluding carboxylic acids is 1. The standard InChI is InChI=1S/C22H25N3O2S/c1-4-18-17-10-12-28-19(17)9-11-24(18)22(27)20-15-7-5-6-8-16(15)21(26)25(23-20)13-14(2)3/h5-8,10,12,14,18H,4,9,11,13H2,1-3H3. The molecular formula is C22H25N3O2S. The number of aromatic nitrogens is 2. The van der Waals surface area contributed by atoms with Crippen molar-refractivity contribution in [1.29, 1.82) is 0 Å². The Morgan fingerprint density at radius 2 is 2.00 bits per heavy atom. The Hall–Kier alpha value is -2.47. The summed E-state index contributed by atoms with van der Waals surface area (Å²) in [6, 6.07) is 9.52. The van der Waals surface area contributed by atoms with Crippen molar-refractivity contribution in [3.63, 3.8) is 0 Å². The van der Waals surface area contributed by atoms with Gasteiger partial charge in [-0.1, -0.05) is 39.0 Å². The molecule has 0 bridgehead atoms. The Morgan fingerprint density at radius 1 is 1.25 bits per heavy atom. The van der Waals surface area contributed by atoms with E-state index < -0.39 is 0 Å². The van der Waals surface area contributed by atoms with Crippen LogP contribution in [-0.4, -0.2) is 27.1 Å². The SMILES string of the molecule is CCC1c2ccsc2CCN1C(=O)c1nn(CC(C)C)c(=O)c2ccccc12. The maximum absolute atomic E-state index is 13.6. The highest BCUT2D eigenvalue weighted by atomic mass is 32.1. The van der Waals surface area contributed by atoms with Gasteiger partial charge in [-0.2, -0.15) is 5.10 Å². The molecule has 3 heterocycles. The molecule has 3 aromatic rings. The molecule has 0 radical (unpaired) electrons. The Balaban J connectivity index is 1.83. The smallest absolute Gasteiger partial charge is 0.275 e. The largest absolute Gasteiger partial charge is 0.330 e. The zero-order valence-electron chi connectivity index (χ0n) is 16.5. The number of fused-ring (bicyclic) bond motifs is 2. The molecule has 146 valence electrons. The lowest BCUT2D eigenvalue weighted by atomic mass is 9.97. The van der Waals surface area contributed by atoms with Crippen LogP contribution < -0.4 is 5.56 Å². The van der Waals surface area contributed by atoms with Crippen molar-refractivity contribution in [2.24, 2.45) is 5.92 Å². The lowest BCUT2D eigenvalue weighted by Gasteiger charge is -2.35. The zero-order chi connectivity index (χ0) is 19.8. The molecule has 1 atom stereocenters. The van der Waals surface area contributed by atoms with E-state index in [1.165, 1.54) is 15.1 Å². The van der Waals surface area contributed by atoms with Gasteiger partial charge in [0.25, 0.3) is 11.5 Å². The van der Waals surface area contributed by atoms with E-state index in [4.69, 9.17) is 0 Å². The molecule has 5 nitrogen and oxygen atoms in total. The lowest BCUT2D eigenvalue weighted by Crippen LogP contribution is -2.41. The second-order valence-electron chi connectivity index (χ2n) is 7.75. The number of benzene rings is 1. The molecule has 1 aromatic carbocycles. The van der Waals surface area contributed by atoms with Crippen LogP contribution in [0.5, 0.6) is 0 Å². The quantitative estimate of drug-likeness (QED) is 0.663. The number of hydrogen-bond donors (Lipinski definition) is 0. The molecule has 0 saturated carbocycles. The van der Waals surface area contributed by atoms with Gasteiger partial charge in [0.2, 0.25) is 0 Å². The first kappa shape index (κ1) is 18.9. The average molecular weight is 396 g/mol. The monoisotopic (exact) mass is 395 g/mol. The van der Waals surface area contributed by atoms with Crippen molar-refractivity contribution in [2.75, 3.05) is 6.54 Å². The van der Waals surface area contributed by atoms with E-state index in [1.54, 1.807) is 17.4 Å². The van der Waals surface area contributed by atoms with E-state index in [9.17, 15) is 9.59 Å². The third-order valence-electron chi connectivity index (χ3n) is 5.35. The fraction of sp³-hybridized carbons (Fsp3) is 0.409. The summed E-state index contributed by atoms with van der Waals surface area (Å²) in [6.07, 6.45) is 1.73. The number of nitrogens with zero attached hydrogens (tertiary/aromatic N) is 3. The molecule has 2 aromatic heterocycles. The Bertz CT molecular complexity index is 1080. The van der Waals surface area contributed by atoms with E-state index >= 15 is 0 Å². The van der Waals surface area contributed by atoms with Crippen molar-refractivity contribution >= 4 is 28.0 Å². The summed E-state index contributed by atoms with van der Waals surface area (Å²) in [5, 5.41) is 7.85. The van der Waals surface area contributed by atoms with E-state index in [-0.39, 0.29) is 23.4 Å². The zero-order valence-corrected chi connectivity index (χ0v) is 17.3. The van der Waals surface area contributed by atoms with Crippen LogP contribution in [0.4, 0.5) is 0 Å². The maximum Gasteiger partial charge on any atom is 0.275 e. The first-order valence-electron chi connectivity index (χ1n) is 9.88. The predicted molar refractivity (Wildman–Crippen MR) is 113 cm³/mol. The molecule has 4 rings (SSSR count). The minimum atomic E-state index is -0.133. The molecule has 1 aliphatic rings. The van der Waals surface area contributed by atoms with Gasteiger partial charge in [0.05, 0.1) is 11.4 Å². The van der Waals surface area contributed by atoms with Crippen LogP contribution in [0, 0.1) is 5.92 Å². The van der Waals surface area contributed by atoms with Gasteiger partial charge >= 0.3 is 0 Å². The minimum Gasteiger partial charge on any atom is -0.330 e. The lowest BCUT2D eigenvalue weighted by molar-refractivity contribution is 0.0650. The summed E-state index contributed by atoms with van der Waals surface area (Å²) in [4.78, 5) is 29.8. The van der Waals surface area contributed by atoms with Crippen LogP contribution in [0.2, 0.25) is 0 Å². The van der Waals surface area contributed by atoms with Gasteiger partial charge in [-0.15, -0.1) is 11.3 Å². The van der Waals surface area contributed by atoms with Gasteiger partial charge < -0.3 is 4.90 Å². The Labute approximate surface area is 168 Å². The molecule has 0 saturated heterocycles. The normalized spacial score (nSPS) is 16.6. The topological polar surface area (TPSA) is 55.2 Å². The van der Waals surface area contributed by atoms with Crippen LogP contribution in [-0.2, 0) is 13.0 Å². The Morgan fingerprint density at radius 3 is 2.71 bits per heavy atom. The van der Waals surface area contributed by atoms with E-state index in [0.717, 1.165) is 12.8 Å². The number of rotatable bonds is 4. The molecule has 0 N–H and O–H groups in total. The van der Waals surface area contributed by atoms with Crippen molar-refractivity contribution in [3.05, 3.63) is 62.2 Å². The molecule has 0 fully saturated rings. The first-order valence-corrected chi connectivity index (χ1v) is 10.8. The molecule has 1 unspecified atom stereocenters. The first-order chi connectivity index (χ1) is 13.5. The summed E-state index contributed by atoms with van der Waals surface area (Å²) in [5.74, 6) is 0.179. The van der Waals surface area contributed by atoms with Gasteiger partial charge in [-0.3, -0.25) is 9.59 Å². The van der Waals surface area contributed by atoms with Crippen LogP contribution in [0.15, 0.2) is 40.5 Å². The van der Waals surface area contributed by atoms with Crippen LogP contribution in [0.3, 0.4) is 0 Å². The molecule has 1 aliphatic heterocycles. The van der Waals surface area contributed by atoms with Gasteiger partial charge in [-0.05, 0) is 41.8 Å².